The fraction of sp³-hybridized carbons (Fsp3) is 0.500. The van der Waals surface area contributed by atoms with Gasteiger partial charge in [-0.2, -0.15) is 0 Å². The molecule has 22 heavy (non-hydrogen) atoms. The third kappa shape index (κ3) is 3.97. The Kier molecular flexibility index (Phi) is 5.41. The topological polar surface area (TPSA) is 66.5 Å². The number of amides is 1. The number of carbonyl (C=O) groups is 1. The van der Waals surface area contributed by atoms with E-state index in [2.05, 4.69) is 5.32 Å². The maximum atomic E-state index is 13.0. The van der Waals surface area contributed by atoms with E-state index in [4.69, 9.17) is 11.6 Å². The van der Waals surface area contributed by atoms with E-state index in [0.717, 1.165) is 6.07 Å². The second kappa shape index (κ2) is 6.93. The van der Waals surface area contributed by atoms with E-state index in [-0.39, 0.29) is 22.6 Å². The van der Waals surface area contributed by atoms with Gasteiger partial charge in [-0.15, -0.1) is 0 Å². The van der Waals surface area contributed by atoms with Crippen LogP contribution >= 0.6 is 11.6 Å². The molecule has 0 saturated carbocycles. The van der Waals surface area contributed by atoms with E-state index in [1.807, 2.05) is 0 Å². The van der Waals surface area contributed by atoms with Crippen LogP contribution < -0.4 is 5.32 Å². The highest BCUT2D eigenvalue weighted by atomic mass is 35.5. The summed E-state index contributed by atoms with van der Waals surface area (Å²) in [6.07, 6.45) is 0.924. The Morgan fingerprint density at radius 2 is 2.05 bits per heavy atom. The number of nitrogens with one attached hydrogen (secondary N) is 1. The number of carbonyl (C=O) groups excluding carboxylic acids is 1. The standard InChI is InChI=1S/C14H18ClFN2O3S/c1-2-22(20,21)18-7-5-10(6-8-18)14(19)17-13-4-3-11(16)9-12(13)15/h3-4,9-10H,2,5-8H2,1H3,(H,17,19). The summed E-state index contributed by atoms with van der Waals surface area (Å²) in [6, 6.07) is 3.76. The average molecular weight is 349 g/mol. The number of anilines is 1. The monoisotopic (exact) mass is 348 g/mol. The zero-order valence-corrected chi connectivity index (χ0v) is 13.8. The van der Waals surface area contributed by atoms with Crippen LogP contribution in [0.1, 0.15) is 19.8 Å². The van der Waals surface area contributed by atoms with Gasteiger partial charge in [-0.25, -0.2) is 17.1 Å². The molecule has 0 atom stereocenters. The van der Waals surface area contributed by atoms with E-state index < -0.39 is 15.8 Å². The Hall–Kier alpha value is -1.18. The summed E-state index contributed by atoms with van der Waals surface area (Å²) < 4.78 is 37.9. The number of nitrogens with zero attached hydrogens (tertiary/aromatic N) is 1. The van der Waals surface area contributed by atoms with Gasteiger partial charge in [0.15, 0.2) is 0 Å². The van der Waals surface area contributed by atoms with Crippen molar-refractivity contribution in [3.05, 3.63) is 29.0 Å². The highest BCUT2D eigenvalue weighted by molar-refractivity contribution is 7.89. The molecule has 1 amide bonds. The van der Waals surface area contributed by atoms with Crippen molar-refractivity contribution in [2.45, 2.75) is 19.8 Å². The first kappa shape index (κ1) is 17.2. The average Bonchev–Trinajstić information content (AvgIpc) is 2.50. The molecule has 0 aliphatic carbocycles. The van der Waals surface area contributed by atoms with Gasteiger partial charge in [0.1, 0.15) is 5.82 Å². The number of benzene rings is 1. The van der Waals surface area contributed by atoms with E-state index >= 15 is 0 Å². The number of piperidine rings is 1. The number of rotatable bonds is 4. The summed E-state index contributed by atoms with van der Waals surface area (Å²) in [5.41, 5.74) is 0.358. The molecule has 1 aliphatic heterocycles. The molecule has 1 aromatic rings. The molecule has 0 spiro atoms. The Labute approximate surface area is 134 Å². The fourth-order valence-corrected chi connectivity index (χ4v) is 3.75. The summed E-state index contributed by atoms with van der Waals surface area (Å²) in [6.45, 7) is 2.28. The van der Waals surface area contributed by atoms with Crippen molar-refractivity contribution in [3.8, 4) is 0 Å². The SMILES string of the molecule is CCS(=O)(=O)N1CCC(C(=O)Nc2ccc(F)cc2Cl)CC1. The first-order valence-corrected chi connectivity index (χ1v) is 9.06. The number of halogens is 2. The third-order valence-electron chi connectivity index (χ3n) is 3.77. The van der Waals surface area contributed by atoms with Crippen LogP contribution in [0, 0.1) is 11.7 Å². The van der Waals surface area contributed by atoms with Crippen LogP contribution in [0.25, 0.3) is 0 Å². The van der Waals surface area contributed by atoms with Crippen molar-refractivity contribution < 1.29 is 17.6 Å². The van der Waals surface area contributed by atoms with Crippen LogP contribution in [0.15, 0.2) is 18.2 Å². The maximum Gasteiger partial charge on any atom is 0.227 e. The minimum absolute atomic E-state index is 0.0645. The summed E-state index contributed by atoms with van der Waals surface area (Å²) >= 11 is 5.87. The van der Waals surface area contributed by atoms with Gasteiger partial charge in [-0.1, -0.05) is 11.6 Å². The summed E-state index contributed by atoms with van der Waals surface area (Å²) in [5.74, 6) is -0.901. The lowest BCUT2D eigenvalue weighted by molar-refractivity contribution is -0.120. The molecule has 0 aromatic heterocycles. The highest BCUT2D eigenvalue weighted by Gasteiger charge is 2.30. The van der Waals surface area contributed by atoms with Crippen LogP contribution in [-0.4, -0.2) is 37.5 Å². The molecule has 122 valence electrons. The first-order valence-electron chi connectivity index (χ1n) is 7.07. The molecule has 0 bridgehead atoms. The molecule has 1 saturated heterocycles. The predicted octanol–water partition coefficient (Wildman–Crippen LogP) is 2.48. The molecule has 1 heterocycles. The minimum Gasteiger partial charge on any atom is -0.325 e. The van der Waals surface area contributed by atoms with Crippen molar-refractivity contribution in [2.75, 3.05) is 24.2 Å². The van der Waals surface area contributed by atoms with Crippen molar-refractivity contribution >= 4 is 33.2 Å². The maximum absolute atomic E-state index is 13.0. The molecule has 2 rings (SSSR count). The van der Waals surface area contributed by atoms with Crippen molar-refractivity contribution in [3.63, 3.8) is 0 Å². The van der Waals surface area contributed by atoms with Crippen molar-refractivity contribution in [1.82, 2.24) is 4.31 Å². The summed E-state index contributed by atoms with van der Waals surface area (Å²) in [7, 11) is -3.20. The molecule has 5 nitrogen and oxygen atoms in total. The van der Waals surface area contributed by atoms with Crippen LogP contribution in [0.2, 0.25) is 5.02 Å². The van der Waals surface area contributed by atoms with Gasteiger partial charge in [-0.05, 0) is 38.0 Å². The Balaban J connectivity index is 1.95. The molecule has 1 fully saturated rings. The number of sulfonamides is 1. The minimum atomic E-state index is -3.20. The molecule has 0 unspecified atom stereocenters. The van der Waals surface area contributed by atoms with Gasteiger partial charge in [0.05, 0.1) is 16.5 Å². The third-order valence-corrected chi connectivity index (χ3v) is 5.97. The van der Waals surface area contributed by atoms with Gasteiger partial charge in [-0.3, -0.25) is 4.79 Å². The zero-order chi connectivity index (χ0) is 16.3. The van der Waals surface area contributed by atoms with E-state index in [1.54, 1.807) is 6.92 Å². The second-order valence-corrected chi connectivity index (χ2v) is 7.85. The van der Waals surface area contributed by atoms with Crippen molar-refractivity contribution in [2.24, 2.45) is 5.92 Å². The van der Waals surface area contributed by atoms with Crippen LogP contribution in [0.5, 0.6) is 0 Å². The van der Waals surface area contributed by atoms with Gasteiger partial charge in [0.25, 0.3) is 0 Å². The van der Waals surface area contributed by atoms with Crippen LogP contribution in [-0.2, 0) is 14.8 Å². The summed E-state index contributed by atoms with van der Waals surface area (Å²) in [4.78, 5) is 12.2. The lowest BCUT2D eigenvalue weighted by Gasteiger charge is -2.30. The fourth-order valence-electron chi connectivity index (χ4n) is 2.40. The second-order valence-electron chi connectivity index (χ2n) is 5.19. The number of hydrogen-bond donors (Lipinski definition) is 1. The highest BCUT2D eigenvalue weighted by Crippen LogP contribution is 2.25. The van der Waals surface area contributed by atoms with Crippen molar-refractivity contribution in [1.29, 1.82) is 0 Å². The molecule has 1 N–H and O–H groups in total. The zero-order valence-electron chi connectivity index (χ0n) is 12.2. The predicted molar refractivity (Wildman–Crippen MR) is 83.8 cm³/mol. The molecule has 1 aliphatic rings. The van der Waals surface area contributed by atoms with Gasteiger partial charge in [0.2, 0.25) is 15.9 Å². The Morgan fingerprint density at radius 1 is 1.41 bits per heavy atom. The lowest BCUT2D eigenvalue weighted by atomic mass is 9.97. The lowest BCUT2D eigenvalue weighted by Crippen LogP contribution is -2.42. The van der Waals surface area contributed by atoms with Crippen LogP contribution in [0.3, 0.4) is 0 Å². The smallest absolute Gasteiger partial charge is 0.227 e. The van der Waals surface area contributed by atoms with E-state index in [1.165, 1.54) is 16.4 Å². The molecular weight excluding hydrogens is 331 g/mol. The summed E-state index contributed by atoms with van der Waals surface area (Å²) in [5, 5.41) is 2.81. The molecule has 0 radical (unpaired) electrons. The molecular formula is C14H18ClFN2O3S. The molecule has 1 aromatic carbocycles. The largest absolute Gasteiger partial charge is 0.325 e. The van der Waals surface area contributed by atoms with Crippen LogP contribution in [0.4, 0.5) is 10.1 Å². The van der Waals surface area contributed by atoms with Gasteiger partial charge < -0.3 is 5.32 Å². The van der Waals surface area contributed by atoms with Gasteiger partial charge in [0, 0.05) is 19.0 Å². The normalized spacial score (nSPS) is 17.4. The Morgan fingerprint density at radius 3 is 2.59 bits per heavy atom. The van der Waals surface area contributed by atoms with E-state index in [0.29, 0.717) is 31.6 Å². The van der Waals surface area contributed by atoms with Gasteiger partial charge >= 0.3 is 0 Å². The molecule has 8 heteroatoms. The Bertz CT molecular complexity index is 658. The quantitative estimate of drug-likeness (QED) is 0.909. The van der Waals surface area contributed by atoms with E-state index in [9.17, 15) is 17.6 Å². The number of hydrogen-bond acceptors (Lipinski definition) is 3. The first-order chi connectivity index (χ1) is 10.3.